The highest BCUT2D eigenvalue weighted by molar-refractivity contribution is 7.92. The Balaban J connectivity index is 1.81. The van der Waals surface area contributed by atoms with Crippen LogP contribution in [-0.4, -0.2) is 20.3 Å². The molecule has 1 amide bonds. The lowest BCUT2D eigenvalue weighted by Crippen LogP contribution is -2.22. The number of carbonyl (C=O) groups is 2. The number of benzene rings is 3. The van der Waals surface area contributed by atoms with E-state index in [-0.39, 0.29) is 21.7 Å². The summed E-state index contributed by atoms with van der Waals surface area (Å²) < 4.78 is 27.6. The highest BCUT2D eigenvalue weighted by atomic mass is 35.5. The van der Waals surface area contributed by atoms with Crippen molar-refractivity contribution >= 4 is 44.9 Å². The molecule has 0 aliphatic rings. The Morgan fingerprint density at radius 2 is 1.48 bits per heavy atom. The third kappa shape index (κ3) is 5.13. The van der Waals surface area contributed by atoms with Crippen molar-refractivity contribution in [3.05, 3.63) is 88.9 Å². The van der Waals surface area contributed by atoms with E-state index in [9.17, 15) is 23.1 Å². The Morgan fingerprint density at radius 3 is 2.17 bits per heavy atom. The number of carboxylic acid groups (broad SMARTS) is 1. The molecule has 7 nitrogen and oxygen atoms in total. The Morgan fingerprint density at radius 1 is 0.828 bits per heavy atom. The van der Waals surface area contributed by atoms with Gasteiger partial charge in [0.2, 0.25) is 0 Å². The fourth-order valence-electron chi connectivity index (χ4n) is 2.46. The van der Waals surface area contributed by atoms with Gasteiger partial charge >= 0.3 is 0 Å². The average Bonchev–Trinajstić information content (AvgIpc) is 2.70. The van der Waals surface area contributed by atoms with Gasteiger partial charge in [0.15, 0.2) is 0 Å². The molecule has 0 aliphatic heterocycles. The van der Waals surface area contributed by atoms with Crippen molar-refractivity contribution < 1.29 is 23.1 Å². The van der Waals surface area contributed by atoms with Gasteiger partial charge in [-0.1, -0.05) is 29.8 Å². The number of carboxylic acids is 1. The average molecular weight is 430 g/mol. The molecule has 0 fully saturated rings. The minimum absolute atomic E-state index is 0.0860. The van der Waals surface area contributed by atoms with E-state index < -0.39 is 21.9 Å². The van der Waals surface area contributed by atoms with E-state index in [0.717, 1.165) is 0 Å². The lowest BCUT2D eigenvalue weighted by molar-refractivity contribution is -0.255. The Kier molecular flexibility index (Phi) is 5.86. The number of aromatic carboxylic acids is 1. The number of hydrogen-bond acceptors (Lipinski definition) is 5. The summed E-state index contributed by atoms with van der Waals surface area (Å²) in [6, 6.07) is 17.1. The quantitative estimate of drug-likeness (QED) is 0.625. The first-order valence-electron chi connectivity index (χ1n) is 8.26. The van der Waals surface area contributed by atoms with Gasteiger partial charge in [-0.15, -0.1) is 0 Å². The highest BCUT2D eigenvalue weighted by Crippen LogP contribution is 2.20. The zero-order chi connectivity index (χ0) is 21.0. The van der Waals surface area contributed by atoms with Crippen LogP contribution in [0.5, 0.6) is 0 Å². The molecule has 0 atom stereocenters. The van der Waals surface area contributed by atoms with Crippen LogP contribution in [0.2, 0.25) is 5.02 Å². The number of nitrogens with one attached hydrogen (secondary N) is 2. The standard InChI is InChI=1S/C20H15ClN2O5S/c21-15-7-9-16(10-8-15)23-29(27,28)18-6-2-3-13(12-18)19(24)22-17-5-1-4-14(11-17)20(25)26/h1-12,23H,(H,22,24)(H,25,26)/p-1. The van der Waals surface area contributed by atoms with Gasteiger partial charge in [-0.05, 0) is 60.2 Å². The van der Waals surface area contributed by atoms with Crippen LogP contribution in [0, 0.1) is 0 Å². The summed E-state index contributed by atoms with van der Waals surface area (Å²) in [6.07, 6.45) is 0. The second kappa shape index (κ2) is 8.34. The topological polar surface area (TPSA) is 115 Å². The molecule has 0 saturated heterocycles. The van der Waals surface area contributed by atoms with E-state index in [0.29, 0.717) is 10.7 Å². The van der Waals surface area contributed by atoms with Gasteiger partial charge in [0.25, 0.3) is 15.9 Å². The van der Waals surface area contributed by atoms with Gasteiger partial charge in [0.05, 0.1) is 10.9 Å². The predicted molar refractivity (Wildman–Crippen MR) is 107 cm³/mol. The molecule has 0 bridgehead atoms. The smallest absolute Gasteiger partial charge is 0.261 e. The van der Waals surface area contributed by atoms with E-state index in [1.54, 1.807) is 12.1 Å². The maximum absolute atomic E-state index is 12.6. The normalized spacial score (nSPS) is 10.9. The van der Waals surface area contributed by atoms with Crippen LogP contribution in [0.25, 0.3) is 0 Å². The number of anilines is 2. The number of sulfonamides is 1. The third-order valence-electron chi connectivity index (χ3n) is 3.86. The zero-order valence-electron chi connectivity index (χ0n) is 14.8. The van der Waals surface area contributed by atoms with E-state index >= 15 is 0 Å². The van der Waals surface area contributed by atoms with Gasteiger partial charge in [-0.25, -0.2) is 8.42 Å². The molecular formula is C20H14ClN2O5S-. The van der Waals surface area contributed by atoms with Crippen molar-refractivity contribution in [2.24, 2.45) is 0 Å². The molecule has 0 aliphatic carbocycles. The maximum atomic E-state index is 12.6. The van der Waals surface area contributed by atoms with Crippen LogP contribution in [0.4, 0.5) is 11.4 Å². The molecule has 3 aromatic rings. The monoisotopic (exact) mass is 429 g/mol. The number of hydrogen-bond donors (Lipinski definition) is 2. The van der Waals surface area contributed by atoms with Crippen LogP contribution in [0.3, 0.4) is 0 Å². The molecule has 29 heavy (non-hydrogen) atoms. The lowest BCUT2D eigenvalue weighted by Gasteiger charge is -2.11. The molecule has 9 heteroatoms. The van der Waals surface area contributed by atoms with E-state index in [4.69, 9.17) is 11.6 Å². The Labute approximate surface area is 172 Å². The predicted octanol–water partition coefficient (Wildman–Crippen LogP) is 2.76. The van der Waals surface area contributed by atoms with Crippen LogP contribution >= 0.6 is 11.6 Å². The Hall–Kier alpha value is -3.36. The summed E-state index contributed by atoms with van der Waals surface area (Å²) in [5.74, 6) is -1.97. The first-order chi connectivity index (χ1) is 13.7. The van der Waals surface area contributed by atoms with Crippen LogP contribution in [0.1, 0.15) is 20.7 Å². The van der Waals surface area contributed by atoms with Crippen molar-refractivity contribution in [2.75, 3.05) is 10.0 Å². The van der Waals surface area contributed by atoms with Crippen molar-refractivity contribution in [3.63, 3.8) is 0 Å². The summed E-state index contributed by atoms with van der Waals surface area (Å²) in [5, 5.41) is 13.9. The van der Waals surface area contributed by atoms with Gasteiger partial charge in [-0.2, -0.15) is 0 Å². The number of carbonyl (C=O) groups excluding carboxylic acids is 2. The summed E-state index contributed by atoms with van der Waals surface area (Å²) >= 11 is 5.79. The lowest BCUT2D eigenvalue weighted by atomic mass is 10.2. The van der Waals surface area contributed by atoms with Crippen LogP contribution < -0.4 is 15.1 Å². The van der Waals surface area contributed by atoms with E-state index in [2.05, 4.69) is 10.0 Å². The van der Waals surface area contributed by atoms with Crippen molar-refractivity contribution in [1.29, 1.82) is 0 Å². The molecule has 0 aromatic heterocycles. The highest BCUT2D eigenvalue weighted by Gasteiger charge is 2.17. The SMILES string of the molecule is O=C([O-])c1cccc(NC(=O)c2cccc(S(=O)(=O)Nc3ccc(Cl)cc3)c2)c1. The van der Waals surface area contributed by atoms with Crippen LogP contribution in [0.15, 0.2) is 77.7 Å². The van der Waals surface area contributed by atoms with Crippen LogP contribution in [-0.2, 0) is 10.0 Å². The number of amides is 1. The molecule has 3 aromatic carbocycles. The minimum atomic E-state index is -3.93. The maximum Gasteiger partial charge on any atom is 0.261 e. The van der Waals surface area contributed by atoms with Gasteiger partial charge < -0.3 is 15.2 Å². The summed E-state index contributed by atoms with van der Waals surface area (Å²) in [4.78, 5) is 23.3. The Bertz CT molecular complexity index is 1180. The molecule has 0 spiro atoms. The number of rotatable bonds is 6. The molecule has 0 heterocycles. The molecule has 148 valence electrons. The first kappa shape index (κ1) is 20.4. The molecule has 0 radical (unpaired) electrons. The van der Waals surface area contributed by atoms with Gasteiger partial charge in [-0.3, -0.25) is 9.52 Å². The fourth-order valence-corrected chi connectivity index (χ4v) is 3.69. The molecule has 3 rings (SSSR count). The molecule has 0 saturated carbocycles. The first-order valence-corrected chi connectivity index (χ1v) is 10.1. The summed E-state index contributed by atoms with van der Waals surface area (Å²) in [7, 11) is -3.93. The number of halogens is 1. The van der Waals surface area contributed by atoms with E-state index in [1.165, 1.54) is 60.7 Å². The molecule has 0 unspecified atom stereocenters. The van der Waals surface area contributed by atoms with Gasteiger partial charge in [0, 0.05) is 22.0 Å². The summed E-state index contributed by atoms with van der Waals surface area (Å²) in [5.41, 5.74) is 0.557. The largest absolute Gasteiger partial charge is 0.545 e. The summed E-state index contributed by atoms with van der Waals surface area (Å²) in [6.45, 7) is 0. The van der Waals surface area contributed by atoms with Gasteiger partial charge in [0.1, 0.15) is 0 Å². The van der Waals surface area contributed by atoms with Crippen molar-refractivity contribution in [3.8, 4) is 0 Å². The second-order valence-electron chi connectivity index (χ2n) is 5.96. The van der Waals surface area contributed by atoms with E-state index in [1.807, 2.05) is 0 Å². The van der Waals surface area contributed by atoms with Crippen molar-refractivity contribution in [1.82, 2.24) is 0 Å². The second-order valence-corrected chi connectivity index (χ2v) is 8.08. The zero-order valence-corrected chi connectivity index (χ0v) is 16.3. The molecular weight excluding hydrogens is 416 g/mol. The third-order valence-corrected chi connectivity index (χ3v) is 5.49. The fraction of sp³-hybridized carbons (Fsp3) is 0. The van der Waals surface area contributed by atoms with Crippen molar-refractivity contribution in [2.45, 2.75) is 4.90 Å². The minimum Gasteiger partial charge on any atom is -0.545 e. The molecule has 2 N–H and O–H groups in total.